The maximum absolute atomic E-state index is 13.4. The third-order valence-electron chi connectivity index (χ3n) is 4.71. The largest absolute Gasteiger partial charge is 0.416 e. The molecule has 1 unspecified atom stereocenters. The van der Waals surface area contributed by atoms with E-state index >= 15 is 0 Å². The molecule has 2 N–H and O–H groups in total. The van der Waals surface area contributed by atoms with Crippen LogP contribution in [0, 0.1) is 13.8 Å². The summed E-state index contributed by atoms with van der Waals surface area (Å²) < 4.78 is 45.0. The van der Waals surface area contributed by atoms with Gasteiger partial charge in [0.2, 0.25) is 0 Å². The number of nitrogens with one attached hydrogen (secondary N) is 1. The molecular formula is C19H20F3N3O4. The Morgan fingerprint density at radius 1 is 1.28 bits per heavy atom. The molecule has 0 bridgehead atoms. The number of hydrogen-bond acceptors (Lipinski definition) is 5. The number of piperidine rings is 1. The van der Waals surface area contributed by atoms with Crippen LogP contribution in [-0.4, -0.2) is 46.2 Å². The minimum Gasteiger partial charge on any atom is -0.391 e. The summed E-state index contributed by atoms with van der Waals surface area (Å²) in [4.78, 5) is 26.5. The Labute approximate surface area is 164 Å². The summed E-state index contributed by atoms with van der Waals surface area (Å²) in [5, 5.41) is 15.8. The molecule has 1 aliphatic rings. The number of alkyl halides is 3. The second-order valence-corrected chi connectivity index (χ2v) is 7.00. The van der Waals surface area contributed by atoms with E-state index < -0.39 is 29.7 Å². The molecule has 1 aromatic heterocycles. The quantitative estimate of drug-likeness (QED) is 0.809. The van der Waals surface area contributed by atoms with Crippen LogP contribution in [-0.2, 0) is 6.18 Å². The Morgan fingerprint density at radius 2 is 2.00 bits per heavy atom. The first-order valence-corrected chi connectivity index (χ1v) is 9.00. The first-order chi connectivity index (χ1) is 13.6. The Kier molecular flexibility index (Phi) is 5.65. The Balaban J connectivity index is 1.94. The van der Waals surface area contributed by atoms with Crippen LogP contribution < -0.4 is 5.32 Å². The van der Waals surface area contributed by atoms with Gasteiger partial charge < -0.3 is 19.8 Å². The van der Waals surface area contributed by atoms with Gasteiger partial charge in [0.25, 0.3) is 11.8 Å². The number of benzene rings is 1. The van der Waals surface area contributed by atoms with E-state index in [1.54, 1.807) is 0 Å². The molecular weight excluding hydrogens is 391 g/mol. The second-order valence-electron chi connectivity index (χ2n) is 7.00. The third kappa shape index (κ3) is 4.58. The number of aliphatic hydroxyl groups is 1. The lowest BCUT2D eigenvalue weighted by molar-refractivity contribution is -0.137. The van der Waals surface area contributed by atoms with Crippen molar-refractivity contribution in [1.29, 1.82) is 0 Å². The molecule has 156 valence electrons. The molecule has 3 rings (SSSR count). The standard InChI is InChI=1S/C19H20F3N3O4/c1-10-16(11(2)29-24-10)17(27)23-14-7-12(6-13(8-14)19(20,21)22)18(28)25-5-3-4-15(26)9-25/h6-8,15,26H,3-5,9H2,1-2H3,(H,23,27). The topological polar surface area (TPSA) is 95.7 Å². The van der Waals surface area contributed by atoms with Crippen molar-refractivity contribution in [1.82, 2.24) is 10.1 Å². The fourth-order valence-corrected chi connectivity index (χ4v) is 3.31. The molecule has 0 saturated carbocycles. The fourth-order valence-electron chi connectivity index (χ4n) is 3.31. The summed E-state index contributed by atoms with van der Waals surface area (Å²) in [6, 6.07) is 2.70. The van der Waals surface area contributed by atoms with Crippen molar-refractivity contribution in [3.05, 3.63) is 46.3 Å². The molecule has 0 aliphatic carbocycles. The molecule has 7 nitrogen and oxygen atoms in total. The number of hydrogen-bond donors (Lipinski definition) is 2. The lowest BCUT2D eigenvalue weighted by Gasteiger charge is -2.30. The number of nitrogens with zero attached hydrogens (tertiary/aromatic N) is 2. The van der Waals surface area contributed by atoms with Crippen LogP contribution in [0.3, 0.4) is 0 Å². The summed E-state index contributed by atoms with van der Waals surface area (Å²) >= 11 is 0. The van der Waals surface area contributed by atoms with Crippen molar-refractivity contribution in [2.75, 3.05) is 18.4 Å². The minimum atomic E-state index is -4.71. The maximum atomic E-state index is 13.4. The highest BCUT2D eigenvalue weighted by Crippen LogP contribution is 2.33. The van der Waals surface area contributed by atoms with Crippen LogP contribution >= 0.6 is 0 Å². The molecule has 2 amide bonds. The Bertz CT molecular complexity index is 920. The third-order valence-corrected chi connectivity index (χ3v) is 4.71. The molecule has 1 fully saturated rings. The van der Waals surface area contributed by atoms with Gasteiger partial charge in [-0.05, 0) is 44.9 Å². The normalized spacial score (nSPS) is 17.3. The first kappa shape index (κ1) is 20.8. The summed E-state index contributed by atoms with van der Waals surface area (Å²) in [5.41, 5.74) is -1.04. The van der Waals surface area contributed by atoms with Gasteiger partial charge in [0.05, 0.1) is 17.4 Å². The van der Waals surface area contributed by atoms with Gasteiger partial charge in [-0.1, -0.05) is 5.16 Å². The van der Waals surface area contributed by atoms with E-state index in [1.165, 1.54) is 24.8 Å². The van der Waals surface area contributed by atoms with Crippen LogP contribution in [0.5, 0.6) is 0 Å². The number of aliphatic hydroxyl groups excluding tert-OH is 1. The van der Waals surface area contributed by atoms with E-state index in [0.717, 1.165) is 12.1 Å². The number of carbonyl (C=O) groups excluding carboxylic acids is 2. The van der Waals surface area contributed by atoms with Gasteiger partial charge in [-0.15, -0.1) is 0 Å². The molecule has 1 atom stereocenters. The van der Waals surface area contributed by atoms with E-state index in [-0.39, 0.29) is 29.1 Å². The number of aromatic nitrogens is 1. The zero-order chi connectivity index (χ0) is 21.3. The van der Waals surface area contributed by atoms with Crippen molar-refractivity contribution >= 4 is 17.5 Å². The van der Waals surface area contributed by atoms with Crippen molar-refractivity contribution in [3.63, 3.8) is 0 Å². The molecule has 1 aliphatic heterocycles. The SMILES string of the molecule is Cc1noc(C)c1C(=O)Nc1cc(C(=O)N2CCCC(O)C2)cc(C(F)(F)F)c1. The monoisotopic (exact) mass is 411 g/mol. The molecule has 0 spiro atoms. The molecule has 2 heterocycles. The highest BCUT2D eigenvalue weighted by Gasteiger charge is 2.33. The number of likely N-dealkylation sites (tertiary alicyclic amines) is 1. The minimum absolute atomic E-state index is 0.0514. The van der Waals surface area contributed by atoms with Gasteiger partial charge in [0, 0.05) is 24.3 Å². The summed E-state index contributed by atoms with van der Waals surface area (Å²) in [5.74, 6) is -1.10. The average Bonchev–Trinajstić information content (AvgIpc) is 2.98. The zero-order valence-corrected chi connectivity index (χ0v) is 15.8. The molecule has 29 heavy (non-hydrogen) atoms. The number of rotatable bonds is 3. The lowest BCUT2D eigenvalue weighted by atomic mass is 10.0. The van der Waals surface area contributed by atoms with Gasteiger partial charge in [0.15, 0.2) is 0 Å². The zero-order valence-electron chi connectivity index (χ0n) is 15.8. The van der Waals surface area contributed by atoms with Gasteiger partial charge in [-0.2, -0.15) is 13.2 Å². The number of anilines is 1. The molecule has 1 aromatic carbocycles. The van der Waals surface area contributed by atoms with E-state index in [0.29, 0.717) is 25.1 Å². The number of halogens is 3. The first-order valence-electron chi connectivity index (χ1n) is 9.00. The molecule has 0 radical (unpaired) electrons. The van der Waals surface area contributed by atoms with Gasteiger partial charge in [-0.25, -0.2) is 0 Å². The van der Waals surface area contributed by atoms with E-state index in [9.17, 15) is 27.9 Å². The summed E-state index contributed by atoms with van der Waals surface area (Å²) in [7, 11) is 0. The fraction of sp³-hybridized carbons (Fsp3) is 0.421. The van der Waals surface area contributed by atoms with Crippen LogP contribution in [0.4, 0.5) is 18.9 Å². The molecule has 10 heteroatoms. The van der Waals surface area contributed by atoms with Crippen molar-refractivity contribution in [2.45, 2.75) is 39.0 Å². The Morgan fingerprint density at radius 3 is 2.59 bits per heavy atom. The number of β-amino-alcohol motifs (C(OH)–C–C–N with tert-alkyl or cyclic N) is 1. The summed E-state index contributed by atoms with van der Waals surface area (Å²) in [6.07, 6.45) is -4.33. The van der Waals surface area contributed by atoms with Crippen LogP contribution in [0.1, 0.15) is 50.6 Å². The van der Waals surface area contributed by atoms with Crippen LogP contribution in [0.25, 0.3) is 0 Å². The van der Waals surface area contributed by atoms with Crippen molar-refractivity contribution in [2.24, 2.45) is 0 Å². The summed E-state index contributed by atoms with van der Waals surface area (Å²) in [6.45, 7) is 3.44. The van der Waals surface area contributed by atoms with Gasteiger partial charge in [0.1, 0.15) is 11.3 Å². The van der Waals surface area contributed by atoms with Gasteiger partial charge >= 0.3 is 6.18 Å². The highest BCUT2D eigenvalue weighted by atomic mass is 19.4. The van der Waals surface area contributed by atoms with E-state index in [4.69, 9.17) is 4.52 Å². The average molecular weight is 411 g/mol. The molecule has 2 aromatic rings. The number of aryl methyl sites for hydroxylation is 2. The van der Waals surface area contributed by atoms with Crippen molar-refractivity contribution < 1.29 is 32.4 Å². The molecule has 1 saturated heterocycles. The smallest absolute Gasteiger partial charge is 0.391 e. The maximum Gasteiger partial charge on any atom is 0.416 e. The van der Waals surface area contributed by atoms with Gasteiger partial charge in [-0.3, -0.25) is 9.59 Å². The van der Waals surface area contributed by atoms with Crippen LogP contribution in [0.2, 0.25) is 0 Å². The Hall–Kier alpha value is -2.88. The van der Waals surface area contributed by atoms with E-state index in [1.807, 2.05) is 0 Å². The van der Waals surface area contributed by atoms with Crippen molar-refractivity contribution in [3.8, 4) is 0 Å². The lowest BCUT2D eigenvalue weighted by Crippen LogP contribution is -2.42. The second kappa shape index (κ2) is 7.86. The predicted octanol–water partition coefficient (Wildman–Crippen LogP) is 3.16. The number of carbonyl (C=O) groups is 2. The highest BCUT2D eigenvalue weighted by molar-refractivity contribution is 6.06. The van der Waals surface area contributed by atoms with Crippen LogP contribution in [0.15, 0.2) is 22.7 Å². The predicted molar refractivity (Wildman–Crippen MR) is 96.5 cm³/mol. The number of amides is 2. The van der Waals surface area contributed by atoms with E-state index in [2.05, 4.69) is 10.5 Å².